The van der Waals surface area contributed by atoms with E-state index in [1.807, 2.05) is 49.4 Å². The maximum atomic E-state index is 12.6. The van der Waals surface area contributed by atoms with Crippen LogP contribution in [0.25, 0.3) is 10.8 Å². The lowest BCUT2D eigenvalue weighted by atomic mass is 9.97. The standard InChI is InChI=1S/C25H27N3O4/c1-17(20-12-11-19-9-5-6-10-21(19)15-20)26-22(29)16-28-24(31)23(30)27(25(28)32)14-13-18-7-3-2-4-8-18/h5-7,9-12,15,17H,2-4,8,13-14,16H2,1H3,(H,26,29). The molecule has 0 aromatic heterocycles. The zero-order valence-corrected chi connectivity index (χ0v) is 18.2. The van der Waals surface area contributed by atoms with Crippen molar-refractivity contribution in [3.63, 3.8) is 0 Å². The fraction of sp³-hybridized carbons (Fsp3) is 0.360. The van der Waals surface area contributed by atoms with E-state index in [9.17, 15) is 19.2 Å². The second kappa shape index (κ2) is 9.34. The van der Waals surface area contributed by atoms with Crippen LogP contribution >= 0.6 is 0 Å². The molecule has 7 heteroatoms. The Labute approximate surface area is 187 Å². The number of allylic oxidation sites excluding steroid dienone is 1. The first-order valence-corrected chi connectivity index (χ1v) is 11.1. The SMILES string of the molecule is CC(NC(=O)CN1C(=O)C(=O)N(CCC2=CCCCC2)C1=O)c1ccc2ccccc2c1. The molecule has 2 aromatic rings. The van der Waals surface area contributed by atoms with Crippen LogP contribution in [0.5, 0.6) is 0 Å². The van der Waals surface area contributed by atoms with Crippen LogP contribution in [0.3, 0.4) is 0 Å². The fourth-order valence-electron chi connectivity index (χ4n) is 4.27. The van der Waals surface area contributed by atoms with E-state index in [0.29, 0.717) is 6.42 Å². The molecule has 2 aliphatic rings. The van der Waals surface area contributed by atoms with E-state index in [0.717, 1.165) is 51.8 Å². The number of rotatable bonds is 7. The molecule has 0 spiro atoms. The molecule has 1 aliphatic carbocycles. The maximum Gasteiger partial charge on any atom is 0.334 e. The number of carbonyl (C=O) groups is 4. The van der Waals surface area contributed by atoms with Gasteiger partial charge in [0.05, 0.1) is 6.04 Å². The Balaban J connectivity index is 1.36. The monoisotopic (exact) mass is 433 g/mol. The molecule has 1 atom stereocenters. The number of fused-ring (bicyclic) bond motifs is 1. The Morgan fingerprint density at radius 2 is 1.75 bits per heavy atom. The molecule has 1 unspecified atom stereocenters. The Morgan fingerprint density at radius 3 is 2.50 bits per heavy atom. The zero-order chi connectivity index (χ0) is 22.7. The summed E-state index contributed by atoms with van der Waals surface area (Å²) >= 11 is 0. The van der Waals surface area contributed by atoms with E-state index in [1.54, 1.807) is 0 Å². The number of imide groups is 2. The van der Waals surface area contributed by atoms with Crippen molar-refractivity contribution in [3.8, 4) is 0 Å². The van der Waals surface area contributed by atoms with Crippen LogP contribution in [0.4, 0.5) is 4.79 Å². The van der Waals surface area contributed by atoms with Crippen molar-refractivity contribution < 1.29 is 19.2 Å². The Bertz CT molecular complexity index is 1110. The third-order valence-electron chi connectivity index (χ3n) is 6.13. The Hall–Kier alpha value is -3.48. The normalized spacial score (nSPS) is 17.7. The number of hydrogen-bond acceptors (Lipinski definition) is 4. The van der Waals surface area contributed by atoms with E-state index in [4.69, 9.17) is 0 Å². The summed E-state index contributed by atoms with van der Waals surface area (Å²) in [5, 5.41) is 4.98. The van der Waals surface area contributed by atoms with Crippen LogP contribution < -0.4 is 5.32 Å². The molecule has 32 heavy (non-hydrogen) atoms. The van der Waals surface area contributed by atoms with E-state index in [2.05, 4.69) is 11.4 Å². The molecule has 1 saturated heterocycles. The summed E-state index contributed by atoms with van der Waals surface area (Å²) in [6, 6.07) is 12.8. The molecule has 1 heterocycles. The summed E-state index contributed by atoms with van der Waals surface area (Å²) in [4.78, 5) is 51.5. The van der Waals surface area contributed by atoms with Gasteiger partial charge in [0, 0.05) is 6.54 Å². The van der Waals surface area contributed by atoms with Crippen LogP contribution in [0.2, 0.25) is 0 Å². The van der Waals surface area contributed by atoms with Crippen LogP contribution in [0.15, 0.2) is 54.1 Å². The number of urea groups is 1. The third kappa shape index (κ3) is 4.56. The van der Waals surface area contributed by atoms with Gasteiger partial charge >= 0.3 is 17.8 Å². The predicted molar refractivity (Wildman–Crippen MR) is 120 cm³/mol. The lowest BCUT2D eigenvalue weighted by Crippen LogP contribution is -2.42. The van der Waals surface area contributed by atoms with Gasteiger partial charge in [0.25, 0.3) is 0 Å². The van der Waals surface area contributed by atoms with Crippen LogP contribution in [-0.4, -0.2) is 46.6 Å². The van der Waals surface area contributed by atoms with Gasteiger partial charge < -0.3 is 5.32 Å². The van der Waals surface area contributed by atoms with Gasteiger partial charge in [-0.3, -0.25) is 19.3 Å². The Morgan fingerprint density at radius 1 is 1.00 bits per heavy atom. The van der Waals surface area contributed by atoms with Crippen molar-refractivity contribution in [3.05, 3.63) is 59.7 Å². The van der Waals surface area contributed by atoms with Gasteiger partial charge in [-0.25, -0.2) is 9.69 Å². The minimum atomic E-state index is -0.943. The first kappa shape index (κ1) is 21.7. The van der Waals surface area contributed by atoms with Gasteiger partial charge in [-0.15, -0.1) is 0 Å². The lowest BCUT2D eigenvalue weighted by Gasteiger charge is -2.19. The highest BCUT2D eigenvalue weighted by Gasteiger charge is 2.45. The third-order valence-corrected chi connectivity index (χ3v) is 6.13. The molecule has 0 saturated carbocycles. The second-order valence-corrected chi connectivity index (χ2v) is 8.38. The molecule has 5 amide bonds. The van der Waals surface area contributed by atoms with Gasteiger partial charge in [0.2, 0.25) is 5.91 Å². The van der Waals surface area contributed by atoms with Crippen molar-refractivity contribution in [2.24, 2.45) is 0 Å². The van der Waals surface area contributed by atoms with E-state index < -0.39 is 30.3 Å². The van der Waals surface area contributed by atoms with Crippen LogP contribution in [0.1, 0.15) is 50.6 Å². The number of nitrogens with one attached hydrogen (secondary N) is 1. The Kier molecular flexibility index (Phi) is 6.35. The molecule has 1 aliphatic heterocycles. The molecule has 4 rings (SSSR count). The average Bonchev–Trinajstić information content (AvgIpc) is 3.00. The van der Waals surface area contributed by atoms with Crippen molar-refractivity contribution in [1.29, 1.82) is 0 Å². The molecular formula is C25H27N3O4. The summed E-state index contributed by atoms with van der Waals surface area (Å²) in [6.07, 6.45) is 6.96. The second-order valence-electron chi connectivity index (χ2n) is 8.38. The molecule has 2 aromatic carbocycles. The first-order valence-electron chi connectivity index (χ1n) is 11.1. The lowest BCUT2D eigenvalue weighted by molar-refractivity contribution is -0.144. The minimum absolute atomic E-state index is 0.168. The van der Waals surface area contributed by atoms with Crippen LogP contribution in [0, 0.1) is 0 Å². The summed E-state index contributed by atoms with van der Waals surface area (Å²) in [5.74, 6) is -2.29. The van der Waals surface area contributed by atoms with E-state index in [-0.39, 0.29) is 12.6 Å². The maximum absolute atomic E-state index is 12.6. The zero-order valence-electron chi connectivity index (χ0n) is 18.2. The van der Waals surface area contributed by atoms with Crippen molar-refractivity contribution in [2.75, 3.05) is 13.1 Å². The fourth-order valence-corrected chi connectivity index (χ4v) is 4.27. The van der Waals surface area contributed by atoms with E-state index in [1.165, 1.54) is 5.57 Å². The molecule has 7 nitrogen and oxygen atoms in total. The highest BCUT2D eigenvalue weighted by molar-refractivity contribution is 6.45. The van der Waals surface area contributed by atoms with Gasteiger partial charge in [0.15, 0.2) is 0 Å². The summed E-state index contributed by atoms with van der Waals surface area (Å²) < 4.78 is 0. The summed E-state index contributed by atoms with van der Waals surface area (Å²) in [6.45, 7) is 1.53. The summed E-state index contributed by atoms with van der Waals surface area (Å²) in [7, 11) is 0. The topological polar surface area (TPSA) is 86.8 Å². The number of nitrogens with zero attached hydrogens (tertiary/aromatic N) is 2. The number of hydrogen-bond donors (Lipinski definition) is 1. The van der Waals surface area contributed by atoms with Crippen molar-refractivity contribution in [1.82, 2.24) is 15.1 Å². The van der Waals surface area contributed by atoms with Crippen molar-refractivity contribution >= 4 is 34.5 Å². The average molecular weight is 434 g/mol. The molecule has 166 valence electrons. The minimum Gasteiger partial charge on any atom is -0.348 e. The van der Waals surface area contributed by atoms with Crippen molar-refractivity contribution in [2.45, 2.75) is 45.1 Å². The highest BCUT2D eigenvalue weighted by atomic mass is 16.2. The quantitative estimate of drug-likeness (QED) is 0.410. The number of carbonyl (C=O) groups excluding carboxylic acids is 4. The molecule has 0 radical (unpaired) electrons. The number of benzene rings is 2. The molecule has 1 N–H and O–H groups in total. The van der Waals surface area contributed by atoms with Gasteiger partial charge in [-0.05, 0) is 61.4 Å². The van der Waals surface area contributed by atoms with Gasteiger partial charge in [0.1, 0.15) is 6.54 Å². The largest absolute Gasteiger partial charge is 0.348 e. The predicted octanol–water partition coefficient (Wildman–Crippen LogP) is 3.70. The van der Waals surface area contributed by atoms with Gasteiger partial charge in [-0.1, -0.05) is 48.0 Å². The van der Waals surface area contributed by atoms with Gasteiger partial charge in [-0.2, -0.15) is 0 Å². The highest BCUT2D eigenvalue weighted by Crippen LogP contribution is 2.23. The van der Waals surface area contributed by atoms with Crippen LogP contribution in [-0.2, 0) is 14.4 Å². The molecule has 0 bridgehead atoms. The number of amides is 5. The smallest absolute Gasteiger partial charge is 0.334 e. The molecular weight excluding hydrogens is 406 g/mol. The van der Waals surface area contributed by atoms with E-state index >= 15 is 0 Å². The molecule has 1 fully saturated rings. The summed E-state index contributed by atoms with van der Waals surface area (Å²) in [5.41, 5.74) is 2.12. The first-order chi connectivity index (χ1) is 15.4.